The minimum atomic E-state index is -4.71. The van der Waals surface area contributed by atoms with Crippen LogP contribution in [-0.4, -0.2) is 37.3 Å². The van der Waals surface area contributed by atoms with Crippen LogP contribution in [0.5, 0.6) is 0 Å². The van der Waals surface area contributed by atoms with Crippen LogP contribution in [0.15, 0.2) is 73.7 Å². The summed E-state index contributed by atoms with van der Waals surface area (Å²) in [6.45, 7) is 3.09. The molecule has 1 aromatic carbocycles. The van der Waals surface area contributed by atoms with E-state index >= 15 is 0 Å². The van der Waals surface area contributed by atoms with Crippen LogP contribution in [0.25, 0.3) is 33.3 Å². The maximum absolute atomic E-state index is 12.0. The van der Waals surface area contributed by atoms with E-state index in [1.165, 1.54) is 21.7 Å². The summed E-state index contributed by atoms with van der Waals surface area (Å²) in [4.78, 5) is 40.3. The molecule has 0 radical (unpaired) electrons. The summed E-state index contributed by atoms with van der Waals surface area (Å²) in [6.07, 6.45) is 6.03. The van der Waals surface area contributed by atoms with Crippen molar-refractivity contribution < 1.29 is 23.7 Å². The monoisotopic (exact) mass is 489 g/mol. The van der Waals surface area contributed by atoms with Gasteiger partial charge in [0.2, 0.25) is 5.91 Å². The maximum Gasteiger partial charge on any atom is 0.471 e. The molecular weight excluding hydrogens is 469 g/mol. The molecule has 4 aromatic rings. The number of anilines is 1. The fourth-order valence-corrected chi connectivity index (χ4v) is 3.89. The molecule has 10 nitrogen and oxygen atoms in total. The standard InChI is InChI=1S/C24H20N5O5P/c1-3-23(30)28(2)20-6-4-5-16(10-20)18-11-21-22(17-7-8-26-19(9-17)12-25)14-29(24(21)27-13-18)15-34-35(31,32)33/h3-11,13-14H,1,15H2,2H3,(H2,31,32,33). The molecule has 0 aliphatic rings. The van der Waals surface area contributed by atoms with Crippen LogP contribution in [0.1, 0.15) is 5.69 Å². The molecule has 0 unspecified atom stereocenters. The molecule has 2 N–H and O–H groups in total. The van der Waals surface area contributed by atoms with Crippen molar-refractivity contribution in [3.63, 3.8) is 0 Å². The molecule has 0 bridgehead atoms. The van der Waals surface area contributed by atoms with Crippen molar-refractivity contribution in [2.45, 2.75) is 6.73 Å². The smallest absolute Gasteiger partial charge is 0.312 e. The summed E-state index contributed by atoms with van der Waals surface area (Å²) in [5.41, 5.74) is 4.25. The predicted molar refractivity (Wildman–Crippen MR) is 130 cm³/mol. The van der Waals surface area contributed by atoms with E-state index in [0.29, 0.717) is 27.8 Å². The topological polar surface area (TPSA) is 142 Å². The molecule has 0 spiro atoms. The van der Waals surface area contributed by atoms with E-state index in [9.17, 15) is 14.6 Å². The number of fused-ring (bicyclic) bond motifs is 1. The Bertz CT molecular complexity index is 1540. The molecule has 176 valence electrons. The molecule has 0 atom stereocenters. The van der Waals surface area contributed by atoms with Gasteiger partial charge in [-0.1, -0.05) is 18.7 Å². The minimum Gasteiger partial charge on any atom is -0.312 e. The highest BCUT2D eigenvalue weighted by Gasteiger charge is 2.18. The Labute approximate surface area is 200 Å². The second kappa shape index (κ2) is 9.62. The lowest BCUT2D eigenvalue weighted by Crippen LogP contribution is -2.23. The van der Waals surface area contributed by atoms with E-state index in [4.69, 9.17) is 9.79 Å². The van der Waals surface area contributed by atoms with Gasteiger partial charge in [-0.05, 0) is 47.5 Å². The highest BCUT2D eigenvalue weighted by Crippen LogP contribution is 2.38. The van der Waals surface area contributed by atoms with Crippen LogP contribution in [-0.2, 0) is 20.6 Å². The Morgan fingerprint density at radius 1 is 1.23 bits per heavy atom. The number of carbonyl (C=O) groups excluding carboxylic acids is 1. The fourth-order valence-electron chi connectivity index (χ4n) is 3.61. The SMILES string of the molecule is C=CC(=O)N(C)c1cccc(-c2cnc3c(c2)c(-c2ccnc(C#N)c2)cn3COP(=O)(O)O)c1. The third kappa shape index (κ3) is 5.19. The highest BCUT2D eigenvalue weighted by molar-refractivity contribution is 7.46. The van der Waals surface area contributed by atoms with E-state index in [1.54, 1.807) is 37.6 Å². The van der Waals surface area contributed by atoms with Crippen LogP contribution in [0.3, 0.4) is 0 Å². The van der Waals surface area contributed by atoms with Crippen molar-refractivity contribution in [1.29, 1.82) is 5.26 Å². The summed E-state index contributed by atoms with van der Waals surface area (Å²) >= 11 is 0. The summed E-state index contributed by atoms with van der Waals surface area (Å²) in [5, 5.41) is 9.92. The number of amides is 1. The lowest BCUT2D eigenvalue weighted by atomic mass is 10.0. The average Bonchev–Trinajstić information content (AvgIpc) is 3.24. The van der Waals surface area contributed by atoms with Gasteiger partial charge in [0.15, 0.2) is 0 Å². The van der Waals surface area contributed by atoms with Gasteiger partial charge in [-0.2, -0.15) is 5.26 Å². The van der Waals surface area contributed by atoms with Crippen LogP contribution in [0, 0.1) is 11.3 Å². The number of rotatable bonds is 7. The van der Waals surface area contributed by atoms with E-state index in [0.717, 1.165) is 11.1 Å². The second-order valence-corrected chi connectivity index (χ2v) is 8.79. The third-order valence-corrected chi connectivity index (χ3v) is 5.79. The van der Waals surface area contributed by atoms with E-state index in [1.807, 2.05) is 30.3 Å². The van der Waals surface area contributed by atoms with E-state index < -0.39 is 14.6 Å². The van der Waals surface area contributed by atoms with E-state index in [2.05, 4.69) is 21.1 Å². The van der Waals surface area contributed by atoms with Crippen LogP contribution >= 0.6 is 7.82 Å². The first-order valence-corrected chi connectivity index (χ1v) is 11.8. The molecular formula is C24H20N5O5P. The van der Waals surface area contributed by atoms with Crippen LogP contribution < -0.4 is 4.90 Å². The number of hydrogen-bond acceptors (Lipinski definition) is 6. The Morgan fingerprint density at radius 3 is 2.74 bits per heavy atom. The number of hydrogen-bond donors (Lipinski definition) is 2. The third-order valence-electron chi connectivity index (χ3n) is 5.34. The summed E-state index contributed by atoms with van der Waals surface area (Å²) in [5.74, 6) is -0.244. The van der Waals surface area contributed by atoms with Crippen molar-refractivity contribution in [3.8, 4) is 28.3 Å². The quantitative estimate of drug-likeness (QED) is 0.295. The molecule has 1 amide bonds. The average molecular weight is 489 g/mol. The first-order valence-electron chi connectivity index (χ1n) is 10.3. The Hall–Kier alpha value is -4.13. The fraction of sp³-hybridized carbons (Fsp3) is 0.0833. The number of likely N-dealkylation sites (N-methyl/N-ethyl adjacent to an activating group) is 1. The van der Waals surface area contributed by atoms with Gasteiger partial charge in [-0.15, -0.1) is 0 Å². The zero-order valence-electron chi connectivity index (χ0n) is 18.6. The predicted octanol–water partition coefficient (Wildman–Crippen LogP) is 3.85. The molecule has 4 rings (SSSR count). The van der Waals surface area contributed by atoms with Gasteiger partial charge in [-0.3, -0.25) is 9.32 Å². The summed E-state index contributed by atoms with van der Waals surface area (Å²) in [6, 6.07) is 14.6. The normalized spacial score (nSPS) is 11.3. The Morgan fingerprint density at radius 2 is 2.03 bits per heavy atom. The molecule has 3 aromatic heterocycles. The Kier molecular flexibility index (Phi) is 6.60. The number of benzene rings is 1. The lowest BCUT2D eigenvalue weighted by molar-refractivity contribution is -0.113. The van der Waals surface area contributed by atoms with Gasteiger partial charge >= 0.3 is 7.82 Å². The highest BCUT2D eigenvalue weighted by atomic mass is 31.2. The van der Waals surface area contributed by atoms with Crippen molar-refractivity contribution in [2.24, 2.45) is 0 Å². The van der Waals surface area contributed by atoms with Gasteiger partial charge < -0.3 is 19.3 Å². The first kappa shape index (κ1) is 24.0. The lowest BCUT2D eigenvalue weighted by Gasteiger charge is -2.16. The van der Waals surface area contributed by atoms with Crippen molar-refractivity contribution in [1.82, 2.24) is 14.5 Å². The van der Waals surface area contributed by atoms with Crippen molar-refractivity contribution >= 4 is 30.5 Å². The molecule has 0 saturated carbocycles. The van der Waals surface area contributed by atoms with Crippen molar-refractivity contribution in [2.75, 3.05) is 11.9 Å². The molecule has 3 heterocycles. The molecule has 0 saturated heterocycles. The molecule has 0 fully saturated rings. The number of aromatic nitrogens is 3. The molecule has 11 heteroatoms. The van der Waals surface area contributed by atoms with Gasteiger partial charge in [-0.25, -0.2) is 14.5 Å². The zero-order valence-corrected chi connectivity index (χ0v) is 19.5. The molecule has 35 heavy (non-hydrogen) atoms. The first-order chi connectivity index (χ1) is 16.7. The number of phosphoric acid groups is 1. The van der Waals surface area contributed by atoms with Gasteiger partial charge in [0.05, 0.1) is 0 Å². The maximum atomic E-state index is 12.0. The van der Waals surface area contributed by atoms with Gasteiger partial charge in [0.25, 0.3) is 0 Å². The van der Waals surface area contributed by atoms with Crippen molar-refractivity contribution in [3.05, 3.63) is 79.4 Å². The molecule has 0 aliphatic carbocycles. The van der Waals surface area contributed by atoms with Crippen LogP contribution in [0.2, 0.25) is 0 Å². The zero-order chi connectivity index (χ0) is 25.2. The van der Waals surface area contributed by atoms with Gasteiger partial charge in [0, 0.05) is 47.8 Å². The molecule has 0 aliphatic heterocycles. The number of nitriles is 1. The second-order valence-electron chi connectivity index (χ2n) is 7.55. The number of nitrogens with zero attached hydrogens (tertiary/aromatic N) is 5. The summed E-state index contributed by atoms with van der Waals surface area (Å²) < 4.78 is 17.4. The van der Waals surface area contributed by atoms with Crippen LogP contribution in [0.4, 0.5) is 5.69 Å². The minimum absolute atomic E-state index is 0.224. The Balaban J connectivity index is 1.85. The summed E-state index contributed by atoms with van der Waals surface area (Å²) in [7, 11) is -3.06. The largest absolute Gasteiger partial charge is 0.471 e. The number of phosphoric ester groups is 1. The number of carbonyl (C=O) groups is 1. The number of pyridine rings is 2. The van der Waals surface area contributed by atoms with Gasteiger partial charge in [0.1, 0.15) is 24.1 Å². The van der Waals surface area contributed by atoms with E-state index in [-0.39, 0.29) is 11.6 Å².